The summed E-state index contributed by atoms with van der Waals surface area (Å²) < 4.78 is 5.45. The van der Waals surface area contributed by atoms with Gasteiger partial charge in [-0.05, 0) is 27.2 Å². The van der Waals surface area contributed by atoms with Crippen LogP contribution in [0, 0.1) is 20.8 Å². The van der Waals surface area contributed by atoms with Crippen LogP contribution in [0.15, 0.2) is 6.07 Å². The van der Waals surface area contributed by atoms with Gasteiger partial charge in [-0.1, -0.05) is 0 Å². The molecular weight excluding hydrogens is 266 g/mol. The van der Waals surface area contributed by atoms with Gasteiger partial charge >= 0.3 is 0 Å². The number of hydrogen-bond acceptors (Lipinski definition) is 5. The molecular formula is C15H21N5O. The van der Waals surface area contributed by atoms with Crippen molar-refractivity contribution >= 4 is 5.82 Å². The molecule has 0 radical (unpaired) electrons. The van der Waals surface area contributed by atoms with Gasteiger partial charge in [0.2, 0.25) is 0 Å². The minimum atomic E-state index is 0.393. The topological polar surface area (TPSA) is 75.7 Å². The largest absolute Gasteiger partial charge is 0.381 e. The van der Waals surface area contributed by atoms with Gasteiger partial charge in [0.1, 0.15) is 11.6 Å². The number of nitrogens with one attached hydrogen (secondary N) is 2. The summed E-state index contributed by atoms with van der Waals surface area (Å²) in [5, 5.41) is 10.6. The third-order valence-corrected chi connectivity index (χ3v) is 3.93. The van der Waals surface area contributed by atoms with E-state index in [1.807, 2.05) is 26.8 Å². The molecule has 3 heterocycles. The molecule has 0 spiro atoms. The molecule has 6 heteroatoms. The molecule has 1 aliphatic rings. The Morgan fingerprint density at radius 1 is 1.33 bits per heavy atom. The summed E-state index contributed by atoms with van der Waals surface area (Å²) in [6.45, 7) is 8.26. The van der Waals surface area contributed by atoms with Gasteiger partial charge in [-0.3, -0.25) is 5.10 Å². The fourth-order valence-electron chi connectivity index (χ4n) is 2.67. The van der Waals surface area contributed by atoms with E-state index in [1.54, 1.807) is 0 Å². The lowest BCUT2D eigenvalue weighted by Crippen LogP contribution is -2.08. The van der Waals surface area contributed by atoms with Crippen molar-refractivity contribution in [2.24, 2.45) is 0 Å². The molecule has 2 aromatic rings. The number of anilines is 1. The minimum Gasteiger partial charge on any atom is -0.381 e. The lowest BCUT2D eigenvalue weighted by molar-refractivity contribution is 0.193. The first kappa shape index (κ1) is 14.0. The molecule has 0 aliphatic carbocycles. The summed E-state index contributed by atoms with van der Waals surface area (Å²) in [5.74, 6) is 2.05. The molecule has 21 heavy (non-hydrogen) atoms. The Morgan fingerprint density at radius 3 is 2.86 bits per heavy atom. The smallest absolute Gasteiger partial charge is 0.130 e. The molecule has 0 bridgehead atoms. The first-order valence-electron chi connectivity index (χ1n) is 7.31. The van der Waals surface area contributed by atoms with E-state index < -0.39 is 0 Å². The highest BCUT2D eigenvalue weighted by Crippen LogP contribution is 2.25. The van der Waals surface area contributed by atoms with Crippen LogP contribution >= 0.6 is 0 Å². The van der Waals surface area contributed by atoms with Crippen LogP contribution in [0.25, 0.3) is 0 Å². The molecule has 1 saturated heterocycles. The van der Waals surface area contributed by atoms with E-state index in [4.69, 9.17) is 4.74 Å². The SMILES string of the molecule is Cc1nc(NCc2c(C)n[nH]c2C)cc([C@H]2CCOC2)n1. The number of rotatable bonds is 4. The van der Waals surface area contributed by atoms with Gasteiger partial charge in [-0.2, -0.15) is 5.10 Å². The fourth-order valence-corrected chi connectivity index (χ4v) is 2.67. The molecule has 0 amide bonds. The van der Waals surface area contributed by atoms with Gasteiger partial charge in [-0.15, -0.1) is 0 Å². The molecule has 0 unspecified atom stereocenters. The van der Waals surface area contributed by atoms with Crippen molar-refractivity contribution in [2.45, 2.75) is 39.7 Å². The highest BCUT2D eigenvalue weighted by molar-refractivity contribution is 5.39. The maximum absolute atomic E-state index is 5.45. The van der Waals surface area contributed by atoms with Crippen molar-refractivity contribution < 1.29 is 4.74 Å². The van der Waals surface area contributed by atoms with Crippen molar-refractivity contribution in [1.82, 2.24) is 20.2 Å². The maximum Gasteiger partial charge on any atom is 0.130 e. The standard InChI is InChI=1S/C15H21N5O/c1-9-13(10(2)20-19-9)7-16-15-6-14(17-11(3)18-15)12-4-5-21-8-12/h6,12H,4-5,7-8H2,1-3H3,(H,19,20)(H,16,17,18)/t12-/m0/s1. The van der Waals surface area contributed by atoms with Crippen LogP contribution in [0.4, 0.5) is 5.82 Å². The number of aryl methyl sites for hydroxylation is 3. The third kappa shape index (κ3) is 3.05. The molecule has 1 atom stereocenters. The molecule has 6 nitrogen and oxygen atoms in total. The van der Waals surface area contributed by atoms with Crippen LogP contribution in [-0.4, -0.2) is 33.4 Å². The summed E-state index contributed by atoms with van der Waals surface area (Å²) in [5.41, 5.74) is 4.38. The van der Waals surface area contributed by atoms with E-state index in [-0.39, 0.29) is 0 Å². The monoisotopic (exact) mass is 287 g/mol. The molecule has 0 aromatic carbocycles. The molecule has 1 fully saturated rings. The van der Waals surface area contributed by atoms with Crippen LogP contribution in [0.1, 0.15) is 40.8 Å². The summed E-state index contributed by atoms with van der Waals surface area (Å²) in [4.78, 5) is 9.02. The van der Waals surface area contributed by atoms with E-state index in [0.717, 1.165) is 48.4 Å². The van der Waals surface area contributed by atoms with Crippen LogP contribution < -0.4 is 5.32 Å². The van der Waals surface area contributed by atoms with E-state index in [9.17, 15) is 0 Å². The average molecular weight is 287 g/mol. The van der Waals surface area contributed by atoms with Crippen molar-refractivity contribution in [3.8, 4) is 0 Å². The second kappa shape index (κ2) is 5.81. The van der Waals surface area contributed by atoms with Gasteiger partial charge in [0.05, 0.1) is 18.0 Å². The quantitative estimate of drug-likeness (QED) is 0.902. The Morgan fingerprint density at radius 2 is 2.19 bits per heavy atom. The van der Waals surface area contributed by atoms with Crippen LogP contribution in [-0.2, 0) is 11.3 Å². The Bertz CT molecular complexity index is 611. The molecule has 2 aromatic heterocycles. The van der Waals surface area contributed by atoms with Crippen LogP contribution in [0.5, 0.6) is 0 Å². The summed E-state index contributed by atoms with van der Waals surface area (Å²) in [7, 11) is 0. The van der Waals surface area contributed by atoms with Crippen LogP contribution in [0.2, 0.25) is 0 Å². The first-order valence-corrected chi connectivity index (χ1v) is 7.31. The number of H-pyrrole nitrogens is 1. The average Bonchev–Trinajstić information content (AvgIpc) is 3.08. The van der Waals surface area contributed by atoms with E-state index in [0.29, 0.717) is 12.5 Å². The maximum atomic E-state index is 5.45. The van der Waals surface area contributed by atoms with Gasteiger partial charge in [0.15, 0.2) is 0 Å². The van der Waals surface area contributed by atoms with Gasteiger partial charge in [0, 0.05) is 36.4 Å². The normalized spacial score (nSPS) is 18.1. The van der Waals surface area contributed by atoms with Gasteiger partial charge in [0.25, 0.3) is 0 Å². The zero-order chi connectivity index (χ0) is 14.8. The lowest BCUT2D eigenvalue weighted by atomic mass is 10.0. The van der Waals surface area contributed by atoms with Crippen molar-refractivity contribution in [3.63, 3.8) is 0 Å². The van der Waals surface area contributed by atoms with E-state index in [2.05, 4.69) is 25.5 Å². The first-order chi connectivity index (χ1) is 10.1. The predicted octanol–water partition coefficient (Wildman–Crippen LogP) is 2.24. The second-order valence-electron chi connectivity index (χ2n) is 5.55. The number of aromatic amines is 1. The number of ether oxygens (including phenoxy) is 1. The van der Waals surface area contributed by atoms with Gasteiger partial charge < -0.3 is 10.1 Å². The predicted molar refractivity (Wildman–Crippen MR) is 80.3 cm³/mol. The second-order valence-corrected chi connectivity index (χ2v) is 5.55. The zero-order valence-corrected chi connectivity index (χ0v) is 12.7. The van der Waals surface area contributed by atoms with Gasteiger partial charge in [-0.25, -0.2) is 9.97 Å². The highest BCUT2D eigenvalue weighted by atomic mass is 16.5. The van der Waals surface area contributed by atoms with E-state index >= 15 is 0 Å². The summed E-state index contributed by atoms with van der Waals surface area (Å²) >= 11 is 0. The number of aromatic nitrogens is 4. The van der Waals surface area contributed by atoms with Crippen molar-refractivity contribution in [2.75, 3.05) is 18.5 Å². The van der Waals surface area contributed by atoms with E-state index in [1.165, 1.54) is 5.56 Å². The molecule has 3 rings (SSSR count). The molecule has 1 aliphatic heterocycles. The van der Waals surface area contributed by atoms with Crippen molar-refractivity contribution in [3.05, 3.63) is 34.5 Å². The minimum absolute atomic E-state index is 0.393. The van der Waals surface area contributed by atoms with Crippen molar-refractivity contribution in [1.29, 1.82) is 0 Å². The number of nitrogens with zero attached hydrogens (tertiary/aromatic N) is 3. The zero-order valence-electron chi connectivity index (χ0n) is 12.7. The fraction of sp³-hybridized carbons (Fsp3) is 0.533. The summed E-state index contributed by atoms with van der Waals surface area (Å²) in [6, 6.07) is 2.04. The van der Waals surface area contributed by atoms with Crippen LogP contribution in [0.3, 0.4) is 0 Å². The Labute approximate surface area is 124 Å². The Hall–Kier alpha value is -1.95. The highest BCUT2D eigenvalue weighted by Gasteiger charge is 2.20. The molecule has 2 N–H and O–H groups in total. The molecule has 0 saturated carbocycles. The third-order valence-electron chi connectivity index (χ3n) is 3.93. The Balaban J connectivity index is 1.76. The Kier molecular flexibility index (Phi) is 3.88. The summed E-state index contributed by atoms with van der Waals surface area (Å²) in [6.07, 6.45) is 1.04. The molecule has 112 valence electrons. The lowest BCUT2D eigenvalue weighted by Gasteiger charge is -2.11. The number of hydrogen-bond donors (Lipinski definition) is 2.